The summed E-state index contributed by atoms with van der Waals surface area (Å²) in [6.45, 7) is 3.54. The van der Waals surface area contributed by atoms with E-state index in [1.165, 1.54) is 6.08 Å². The van der Waals surface area contributed by atoms with Crippen LogP contribution in [0, 0.1) is 0 Å². The van der Waals surface area contributed by atoms with Crippen molar-refractivity contribution in [3.8, 4) is 0 Å². The average Bonchev–Trinajstić information content (AvgIpc) is 1.85. The molecule has 0 aliphatic carbocycles. The van der Waals surface area contributed by atoms with Crippen molar-refractivity contribution in [3.63, 3.8) is 0 Å². The third-order valence-electron chi connectivity index (χ3n) is 0.414. The van der Waals surface area contributed by atoms with E-state index in [0.29, 0.717) is 0 Å². The molecule has 0 bridgehead atoms. The first-order chi connectivity index (χ1) is 5.06. The van der Waals surface area contributed by atoms with Gasteiger partial charge in [0.1, 0.15) is 0 Å². The maximum Gasteiger partial charge on any atom is 0.424 e. The highest BCUT2D eigenvalue weighted by Crippen LogP contribution is 2.14. The molecule has 0 aromatic rings. The number of rotatable bonds is 6. The van der Waals surface area contributed by atoms with Crippen LogP contribution in [-0.4, -0.2) is 19.6 Å². The lowest BCUT2D eigenvalue weighted by atomic mass is 10.7. The zero-order valence-corrected chi connectivity index (χ0v) is 7.20. The summed E-state index contributed by atoms with van der Waals surface area (Å²) >= 11 is 0. The Bertz CT molecular complexity index is 198. The van der Waals surface area contributed by atoms with Crippen molar-refractivity contribution in [2.24, 2.45) is 0 Å². The highest BCUT2D eigenvalue weighted by atomic mass is 32.3. The Morgan fingerprint density at radius 2 is 2.27 bits per heavy atom. The van der Waals surface area contributed by atoms with Crippen LogP contribution in [0.3, 0.4) is 0 Å². The van der Waals surface area contributed by atoms with E-state index in [1.54, 1.807) is 0 Å². The zero-order chi connectivity index (χ0) is 8.74. The smallest absolute Gasteiger partial charge is 0.330 e. The Morgan fingerprint density at radius 1 is 1.64 bits per heavy atom. The van der Waals surface area contributed by atoms with Crippen LogP contribution < -0.4 is 0 Å². The molecule has 0 amide bonds. The Hall–Kier alpha value is -0.0400. The van der Waals surface area contributed by atoms with E-state index in [2.05, 4.69) is 20.1 Å². The van der Waals surface area contributed by atoms with Gasteiger partial charge in [-0.2, -0.15) is 13.1 Å². The fourth-order valence-corrected chi connectivity index (χ4v) is 0.863. The first-order valence-electron chi connectivity index (χ1n) is 2.36. The van der Waals surface area contributed by atoms with Gasteiger partial charge in [-0.3, -0.25) is 4.55 Å². The van der Waals surface area contributed by atoms with Crippen molar-refractivity contribution in [1.82, 2.24) is 0 Å². The Labute approximate surface area is 66.0 Å². The van der Waals surface area contributed by atoms with Gasteiger partial charge in [-0.1, -0.05) is 10.4 Å². The number of hydrogen-bond acceptors (Lipinski definition) is 5. The largest absolute Gasteiger partial charge is 0.424 e. The monoisotopic (exact) mass is 202 g/mol. The fourth-order valence-electron chi connectivity index (χ4n) is 0.174. The van der Waals surface area contributed by atoms with Crippen LogP contribution in [0.4, 0.5) is 0 Å². The van der Waals surface area contributed by atoms with Crippen molar-refractivity contribution >= 4 is 19.4 Å². The molecule has 0 spiro atoms. The van der Waals surface area contributed by atoms with Gasteiger partial charge < -0.3 is 4.52 Å². The molecule has 0 radical (unpaired) electrons. The molecule has 66 valence electrons. The van der Waals surface area contributed by atoms with Gasteiger partial charge >= 0.3 is 10.4 Å². The molecule has 1 atom stereocenters. The minimum atomic E-state index is -4.53. The van der Waals surface area contributed by atoms with Crippen LogP contribution in [0.15, 0.2) is 12.7 Å². The lowest BCUT2D eigenvalue weighted by molar-refractivity contribution is -0.0970. The topological polar surface area (TPSA) is 82.1 Å². The van der Waals surface area contributed by atoms with E-state index in [4.69, 9.17) is 4.55 Å². The molecule has 6 nitrogen and oxygen atoms in total. The van der Waals surface area contributed by atoms with Gasteiger partial charge in [0, 0.05) is 0 Å². The highest BCUT2D eigenvalue weighted by Gasteiger charge is 2.04. The zero-order valence-electron chi connectivity index (χ0n) is 5.39. The van der Waals surface area contributed by atoms with Gasteiger partial charge in [-0.05, 0) is 0 Å². The summed E-state index contributed by atoms with van der Waals surface area (Å²) in [5, 5.41) is 0. The third-order valence-corrected chi connectivity index (χ3v) is 1.21. The van der Waals surface area contributed by atoms with Crippen molar-refractivity contribution in [1.29, 1.82) is 0 Å². The standard InChI is InChI=1S/C3H7O6PS/c1-2-3-7-10-8-9-11(4,5)6/h2,10H,1,3H2,(H,4,5,6). The molecular weight excluding hydrogens is 195 g/mol. The maximum atomic E-state index is 9.80. The molecule has 0 heterocycles. The van der Waals surface area contributed by atoms with Crippen LogP contribution in [0.5, 0.6) is 0 Å². The van der Waals surface area contributed by atoms with Crippen LogP contribution in [0.1, 0.15) is 0 Å². The SMILES string of the molecule is C=CCOPOOS(=O)(=O)O. The second kappa shape index (κ2) is 5.59. The van der Waals surface area contributed by atoms with Gasteiger partial charge in [-0.25, -0.2) is 0 Å². The maximum absolute atomic E-state index is 9.80. The molecule has 0 aliphatic rings. The lowest BCUT2D eigenvalue weighted by Gasteiger charge is -1.97. The van der Waals surface area contributed by atoms with Gasteiger partial charge in [0.2, 0.25) is 0 Å². The van der Waals surface area contributed by atoms with Crippen LogP contribution in [0.2, 0.25) is 0 Å². The molecule has 1 unspecified atom stereocenters. The van der Waals surface area contributed by atoms with Gasteiger partial charge in [-0.15, -0.1) is 6.58 Å². The fraction of sp³-hybridized carbons (Fsp3) is 0.333. The van der Waals surface area contributed by atoms with E-state index < -0.39 is 19.4 Å². The van der Waals surface area contributed by atoms with Crippen molar-refractivity contribution in [2.45, 2.75) is 0 Å². The predicted octanol–water partition coefficient (Wildman–Crippen LogP) is 0.449. The quantitative estimate of drug-likeness (QED) is 0.168. The summed E-state index contributed by atoms with van der Waals surface area (Å²) < 4.78 is 39.5. The van der Waals surface area contributed by atoms with E-state index in [-0.39, 0.29) is 6.61 Å². The van der Waals surface area contributed by atoms with Crippen molar-refractivity contribution in [3.05, 3.63) is 12.7 Å². The van der Waals surface area contributed by atoms with Crippen LogP contribution >= 0.6 is 9.03 Å². The average molecular weight is 202 g/mol. The molecule has 8 heteroatoms. The molecule has 0 aromatic carbocycles. The molecule has 1 N–H and O–H groups in total. The van der Waals surface area contributed by atoms with Crippen LogP contribution in [-0.2, 0) is 23.9 Å². The van der Waals surface area contributed by atoms with E-state index in [9.17, 15) is 8.42 Å². The lowest BCUT2D eigenvalue weighted by Crippen LogP contribution is -2.00. The Kier molecular flexibility index (Phi) is 5.57. The van der Waals surface area contributed by atoms with Crippen molar-refractivity contribution < 1.29 is 26.5 Å². The van der Waals surface area contributed by atoms with Gasteiger partial charge in [0.15, 0.2) is 9.03 Å². The van der Waals surface area contributed by atoms with E-state index in [1.807, 2.05) is 0 Å². The molecule has 0 saturated heterocycles. The Morgan fingerprint density at radius 3 is 2.73 bits per heavy atom. The summed E-state index contributed by atoms with van der Waals surface area (Å²) in [5.41, 5.74) is 0. The third kappa shape index (κ3) is 9.96. The van der Waals surface area contributed by atoms with Crippen LogP contribution in [0.25, 0.3) is 0 Å². The Balaban J connectivity index is 3.22. The van der Waals surface area contributed by atoms with E-state index >= 15 is 0 Å². The molecule has 0 fully saturated rings. The molecule has 0 aliphatic heterocycles. The number of hydrogen-bond donors (Lipinski definition) is 1. The molecule has 11 heavy (non-hydrogen) atoms. The van der Waals surface area contributed by atoms with Gasteiger partial charge in [0.25, 0.3) is 0 Å². The second-order valence-corrected chi connectivity index (χ2v) is 2.88. The highest BCUT2D eigenvalue weighted by molar-refractivity contribution is 7.80. The summed E-state index contributed by atoms with van der Waals surface area (Å²) in [4.78, 5) is 0. The molecule has 0 rings (SSSR count). The van der Waals surface area contributed by atoms with Gasteiger partial charge in [0.05, 0.1) is 6.61 Å². The first-order valence-corrected chi connectivity index (χ1v) is 4.54. The first kappa shape index (κ1) is 11.0. The molecule has 0 aromatic heterocycles. The molecule has 0 saturated carbocycles. The predicted molar refractivity (Wildman–Crippen MR) is 38.2 cm³/mol. The second-order valence-electron chi connectivity index (χ2n) is 1.26. The summed E-state index contributed by atoms with van der Waals surface area (Å²) in [5.74, 6) is 0. The summed E-state index contributed by atoms with van der Waals surface area (Å²) in [7, 11) is -5.15. The minimum absolute atomic E-state index is 0.216. The van der Waals surface area contributed by atoms with Crippen molar-refractivity contribution in [2.75, 3.05) is 6.61 Å². The summed E-state index contributed by atoms with van der Waals surface area (Å²) in [6, 6.07) is 0. The minimum Gasteiger partial charge on any atom is -0.330 e. The normalized spacial score (nSPS) is 12.5. The molecular formula is C3H7O6PS. The summed E-state index contributed by atoms with van der Waals surface area (Å²) in [6.07, 6.45) is 1.45. The van der Waals surface area contributed by atoms with E-state index in [0.717, 1.165) is 0 Å².